The lowest BCUT2D eigenvalue weighted by molar-refractivity contribution is -0.129. The fraction of sp³-hybridized carbons (Fsp3) is 0.188. The van der Waals surface area contributed by atoms with Gasteiger partial charge in [-0.05, 0) is 42.6 Å². The Hall–Kier alpha value is -4.90. The molecule has 0 radical (unpaired) electrons. The van der Waals surface area contributed by atoms with Crippen LogP contribution in [0.4, 0.5) is 8.78 Å². The van der Waals surface area contributed by atoms with Crippen LogP contribution in [0.5, 0.6) is 5.75 Å². The van der Waals surface area contributed by atoms with Gasteiger partial charge in [0.15, 0.2) is 0 Å². The molecule has 4 aromatic heterocycles. The summed E-state index contributed by atoms with van der Waals surface area (Å²) < 4.78 is 40.1. The number of fused-ring (bicyclic) bond motifs is 3. The number of pyridine rings is 1. The number of hydrogen-bond acceptors (Lipinski definition) is 6. The predicted octanol–water partition coefficient (Wildman–Crippen LogP) is 6.76. The van der Waals surface area contributed by atoms with Crippen molar-refractivity contribution in [1.82, 2.24) is 29.2 Å². The number of amides is 1. The van der Waals surface area contributed by atoms with Crippen LogP contribution in [0.2, 0.25) is 0 Å². The molecule has 8 nitrogen and oxygen atoms in total. The van der Waals surface area contributed by atoms with Gasteiger partial charge in [-0.3, -0.25) is 9.48 Å². The van der Waals surface area contributed by atoms with Gasteiger partial charge in [0, 0.05) is 46.9 Å². The van der Waals surface area contributed by atoms with Crippen LogP contribution in [0, 0.1) is 11.6 Å². The van der Waals surface area contributed by atoms with Crippen molar-refractivity contribution in [3.8, 4) is 39.5 Å². The molecule has 1 atom stereocenters. The first-order valence-corrected chi connectivity index (χ1v) is 14.5. The van der Waals surface area contributed by atoms with Gasteiger partial charge in [0.05, 0.1) is 54.0 Å². The van der Waals surface area contributed by atoms with E-state index >= 15 is 4.39 Å². The molecule has 0 fully saturated rings. The largest absolute Gasteiger partial charge is 0.496 e. The molecule has 216 valence electrons. The molecule has 7 rings (SSSR count). The number of aryl methyl sites for hydroxylation is 1. The van der Waals surface area contributed by atoms with Crippen LogP contribution in [-0.4, -0.2) is 48.8 Å². The minimum atomic E-state index is -0.766. The predicted molar refractivity (Wildman–Crippen MR) is 163 cm³/mol. The molecule has 0 saturated heterocycles. The van der Waals surface area contributed by atoms with E-state index in [9.17, 15) is 9.18 Å². The van der Waals surface area contributed by atoms with E-state index < -0.39 is 11.6 Å². The zero-order valence-electron chi connectivity index (χ0n) is 23.6. The molecule has 0 aliphatic carbocycles. The van der Waals surface area contributed by atoms with Crippen molar-refractivity contribution >= 4 is 38.4 Å². The highest BCUT2D eigenvalue weighted by Crippen LogP contribution is 2.47. The zero-order valence-corrected chi connectivity index (χ0v) is 24.5. The van der Waals surface area contributed by atoms with Gasteiger partial charge in [-0.1, -0.05) is 12.6 Å². The number of ether oxygens (including phenoxy) is 1. The Morgan fingerprint density at radius 2 is 1.95 bits per heavy atom. The third-order valence-electron chi connectivity index (χ3n) is 8.06. The first kappa shape index (κ1) is 27.0. The van der Waals surface area contributed by atoms with Crippen LogP contribution in [0.3, 0.4) is 0 Å². The third kappa shape index (κ3) is 4.22. The molecule has 1 amide bonds. The molecule has 1 aliphatic rings. The van der Waals surface area contributed by atoms with E-state index in [4.69, 9.17) is 14.8 Å². The highest BCUT2D eigenvalue weighted by Gasteiger charge is 2.31. The number of rotatable bonds is 5. The molecular weight excluding hydrogens is 570 g/mol. The lowest BCUT2D eigenvalue weighted by Crippen LogP contribution is -2.40. The number of thiophene rings is 1. The first-order chi connectivity index (χ1) is 20.8. The second-order valence-electron chi connectivity index (χ2n) is 10.5. The number of carbonyl (C=O) groups excluding carboxylic acids is 1. The highest BCUT2D eigenvalue weighted by atomic mass is 32.1. The van der Waals surface area contributed by atoms with Crippen molar-refractivity contribution < 1.29 is 18.3 Å². The second kappa shape index (κ2) is 10.1. The van der Waals surface area contributed by atoms with Gasteiger partial charge in [0.1, 0.15) is 28.8 Å². The Balaban J connectivity index is 1.52. The maximum absolute atomic E-state index is 15.7. The van der Waals surface area contributed by atoms with Crippen molar-refractivity contribution in [2.75, 3.05) is 13.7 Å². The van der Waals surface area contributed by atoms with Crippen LogP contribution in [-0.2, 0) is 18.4 Å². The van der Waals surface area contributed by atoms with Gasteiger partial charge in [-0.2, -0.15) is 5.10 Å². The summed E-state index contributed by atoms with van der Waals surface area (Å²) in [6.45, 7) is 6.52. The average Bonchev–Trinajstić information content (AvgIpc) is 3.75. The maximum atomic E-state index is 15.7. The Kier molecular flexibility index (Phi) is 6.35. The van der Waals surface area contributed by atoms with E-state index in [-0.39, 0.29) is 23.3 Å². The molecule has 6 aromatic rings. The van der Waals surface area contributed by atoms with E-state index in [1.807, 2.05) is 58.9 Å². The lowest BCUT2D eigenvalue weighted by atomic mass is 9.96. The summed E-state index contributed by atoms with van der Waals surface area (Å²) in [4.78, 5) is 24.0. The number of halogens is 2. The number of imidazole rings is 1. The SMILES string of the molecule is C=CC(=O)N1CCn2nc(-c3nc(-c4ccc5c(c4)ncn5C)c4ccsc4c3-c3c(F)cc(F)cc3OC)cc2[C@H]1C. The van der Waals surface area contributed by atoms with Gasteiger partial charge in [-0.15, -0.1) is 11.3 Å². The van der Waals surface area contributed by atoms with Gasteiger partial charge in [0.2, 0.25) is 5.91 Å². The summed E-state index contributed by atoms with van der Waals surface area (Å²) in [5.41, 5.74) is 5.64. The van der Waals surface area contributed by atoms with E-state index in [1.54, 1.807) is 11.2 Å². The quantitative estimate of drug-likeness (QED) is 0.206. The Morgan fingerprint density at radius 1 is 1.12 bits per heavy atom. The smallest absolute Gasteiger partial charge is 0.246 e. The molecule has 0 N–H and O–H groups in total. The molecule has 0 unspecified atom stereocenters. The van der Waals surface area contributed by atoms with Crippen molar-refractivity contribution in [2.24, 2.45) is 7.05 Å². The van der Waals surface area contributed by atoms with Crippen molar-refractivity contribution in [3.63, 3.8) is 0 Å². The summed E-state index contributed by atoms with van der Waals surface area (Å²) in [5.74, 6) is -1.62. The van der Waals surface area contributed by atoms with E-state index in [0.717, 1.165) is 38.4 Å². The molecule has 2 aromatic carbocycles. The fourth-order valence-corrected chi connectivity index (χ4v) is 6.88. The minimum Gasteiger partial charge on any atom is -0.496 e. The van der Waals surface area contributed by atoms with Crippen LogP contribution in [0.25, 0.3) is 54.9 Å². The van der Waals surface area contributed by atoms with Crippen LogP contribution in [0.1, 0.15) is 18.7 Å². The van der Waals surface area contributed by atoms with E-state index in [1.165, 1.54) is 30.6 Å². The van der Waals surface area contributed by atoms with Crippen LogP contribution in [0.15, 0.2) is 66.8 Å². The molecule has 11 heteroatoms. The van der Waals surface area contributed by atoms with E-state index in [2.05, 4.69) is 11.6 Å². The summed E-state index contributed by atoms with van der Waals surface area (Å²) in [6.07, 6.45) is 3.07. The van der Waals surface area contributed by atoms with Gasteiger partial charge in [-0.25, -0.2) is 18.7 Å². The Morgan fingerprint density at radius 3 is 2.74 bits per heavy atom. The topological polar surface area (TPSA) is 78.1 Å². The average molecular weight is 597 g/mol. The van der Waals surface area contributed by atoms with Crippen molar-refractivity contribution in [1.29, 1.82) is 0 Å². The summed E-state index contributed by atoms with van der Waals surface area (Å²) >= 11 is 1.43. The summed E-state index contributed by atoms with van der Waals surface area (Å²) in [5, 5.41) is 7.64. The zero-order chi connectivity index (χ0) is 30.0. The van der Waals surface area contributed by atoms with Crippen LogP contribution < -0.4 is 4.74 Å². The molecular formula is C32H26F2N6O2S. The van der Waals surface area contributed by atoms with Crippen molar-refractivity contribution in [3.05, 3.63) is 84.2 Å². The lowest BCUT2D eigenvalue weighted by Gasteiger charge is -2.33. The highest BCUT2D eigenvalue weighted by molar-refractivity contribution is 7.18. The molecule has 1 aliphatic heterocycles. The van der Waals surface area contributed by atoms with E-state index in [0.29, 0.717) is 35.7 Å². The molecule has 0 bridgehead atoms. The summed E-state index contributed by atoms with van der Waals surface area (Å²) in [6, 6.07) is 11.6. The fourth-order valence-electron chi connectivity index (χ4n) is 5.94. The Labute approximate surface area is 249 Å². The van der Waals surface area contributed by atoms with Crippen molar-refractivity contribution in [2.45, 2.75) is 19.5 Å². The molecule has 5 heterocycles. The number of methoxy groups -OCH3 is 1. The monoisotopic (exact) mass is 596 g/mol. The second-order valence-corrected chi connectivity index (χ2v) is 11.4. The summed E-state index contributed by atoms with van der Waals surface area (Å²) in [7, 11) is 3.32. The Bertz CT molecular complexity index is 2090. The minimum absolute atomic E-state index is 0.0537. The molecule has 0 saturated carbocycles. The third-order valence-corrected chi connectivity index (χ3v) is 8.99. The number of nitrogens with zero attached hydrogens (tertiary/aromatic N) is 6. The van der Waals surface area contributed by atoms with Gasteiger partial charge < -0.3 is 14.2 Å². The van der Waals surface area contributed by atoms with Gasteiger partial charge >= 0.3 is 0 Å². The molecule has 0 spiro atoms. The maximum Gasteiger partial charge on any atom is 0.246 e. The number of aromatic nitrogens is 5. The van der Waals surface area contributed by atoms with Gasteiger partial charge in [0.25, 0.3) is 0 Å². The normalized spacial score (nSPS) is 14.8. The number of benzene rings is 2. The molecule has 43 heavy (non-hydrogen) atoms. The number of hydrogen-bond donors (Lipinski definition) is 0. The number of carbonyl (C=O) groups is 1. The van der Waals surface area contributed by atoms with Crippen LogP contribution >= 0.6 is 11.3 Å². The standard InChI is InChI=1S/C32H26F2N6O2S/c1-5-27(41)39-9-10-40-25(17(39)2)15-23(37-40)31-29(28-21(34)13-19(33)14-26(28)42-4)32-20(8-11-43-32)30(36-31)18-6-7-24-22(12-18)35-16-38(24)3/h5-8,11-17H,1,9-10H2,2-4H3/t17-/m1/s1. The first-order valence-electron chi connectivity index (χ1n) is 13.7.